The Morgan fingerprint density at radius 1 is 1.20 bits per heavy atom. The Morgan fingerprint density at radius 2 is 2.00 bits per heavy atom. The van der Waals surface area contributed by atoms with Gasteiger partial charge in [-0.05, 0) is 56.5 Å². The molecule has 0 aliphatic heterocycles. The first-order valence-corrected chi connectivity index (χ1v) is 9.51. The number of pyridine rings is 1. The molecule has 2 aromatic rings. The smallest absolute Gasteiger partial charge is 0.0737 e. The van der Waals surface area contributed by atoms with E-state index in [1.165, 1.54) is 0 Å². The lowest BCUT2D eigenvalue weighted by atomic mass is 10.1. The fourth-order valence-electron chi connectivity index (χ4n) is 3.16. The Hall–Kier alpha value is -1.36. The molecule has 0 radical (unpaired) electrons. The molecule has 2 N–H and O–H groups in total. The maximum absolute atomic E-state index is 9.20. The van der Waals surface area contributed by atoms with E-state index in [2.05, 4.69) is 36.0 Å². The van der Waals surface area contributed by atoms with Crippen molar-refractivity contribution in [3.63, 3.8) is 0 Å². The summed E-state index contributed by atoms with van der Waals surface area (Å²) in [6, 6.07) is 8.21. The lowest BCUT2D eigenvalue weighted by molar-refractivity contribution is 0.179. The molecule has 1 atom stereocenters. The standard InChI is InChI=1S/C20H30ClN3O/c1-15(2)14-24(11-12-25)10-4-5-16(3)23-19-8-9-22-20-13-17(21)6-7-18(19)20/h6-9,13,15-16,25H,4-5,10-12,14H2,1-3H3,(H,22,23). The number of halogens is 1. The Balaban J connectivity index is 1.89. The molecule has 0 amide bonds. The van der Waals surface area contributed by atoms with Gasteiger partial charge < -0.3 is 15.3 Å². The molecule has 0 aliphatic carbocycles. The average Bonchev–Trinajstić information content (AvgIpc) is 2.54. The predicted molar refractivity (Wildman–Crippen MR) is 107 cm³/mol. The average molecular weight is 364 g/mol. The number of nitrogens with zero attached hydrogens (tertiary/aromatic N) is 2. The second kappa shape index (κ2) is 9.95. The monoisotopic (exact) mass is 363 g/mol. The van der Waals surface area contributed by atoms with Crippen molar-refractivity contribution in [2.24, 2.45) is 5.92 Å². The van der Waals surface area contributed by atoms with E-state index in [4.69, 9.17) is 11.6 Å². The van der Waals surface area contributed by atoms with Gasteiger partial charge in [0.25, 0.3) is 0 Å². The number of aliphatic hydroxyl groups excluding tert-OH is 1. The third kappa shape index (κ3) is 6.46. The number of aliphatic hydroxyl groups is 1. The van der Waals surface area contributed by atoms with Gasteiger partial charge in [0.05, 0.1) is 12.1 Å². The summed E-state index contributed by atoms with van der Waals surface area (Å²) in [5, 5.41) is 14.6. The van der Waals surface area contributed by atoms with E-state index in [0.29, 0.717) is 17.0 Å². The second-order valence-corrected chi connectivity index (χ2v) is 7.56. The van der Waals surface area contributed by atoms with Crippen LogP contribution < -0.4 is 5.32 Å². The van der Waals surface area contributed by atoms with Crippen LogP contribution in [0.25, 0.3) is 10.9 Å². The van der Waals surface area contributed by atoms with E-state index in [1.54, 1.807) is 0 Å². The number of hydrogen-bond donors (Lipinski definition) is 2. The third-order valence-corrected chi connectivity index (χ3v) is 4.49. The maximum Gasteiger partial charge on any atom is 0.0737 e. The van der Waals surface area contributed by atoms with E-state index in [1.807, 2.05) is 30.5 Å². The highest BCUT2D eigenvalue weighted by Gasteiger charge is 2.10. The molecule has 138 valence electrons. The molecule has 1 heterocycles. The van der Waals surface area contributed by atoms with Crippen LogP contribution in [0.15, 0.2) is 30.5 Å². The van der Waals surface area contributed by atoms with Crippen LogP contribution in [-0.2, 0) is 0 Å². The molecular formula is C20H30ClN3O. The van der Waals surface area contributed by atoms with E-state index >= 15 is 0 Å². The van der Waals surface area contributed by atoms with Gasteiger partial charge in [0.15, 0.2) is 0 Å². The van der Waals surface area contributed by atoms with Crippen LogP contribution in [-0.4, -0.2) is 47.3 Å². The molecule has 0 spiro atoms. The van der Waals surface area contributed by atoms with Crippen LogP contribution in [0.4, 0.5) is 5.69 Å². The molecule has 0 saturated carbocycles. The molecular weight excluding hydrogens is 334 g/mol. The second-order valence-electron chi connectivity index (χ2n) is 7.13. The van der Waals surface area contributed by atoms with Gasteiger partial charge in [-0.2, -0.15) is 0 Å². The normalized spacial score (nSPS) is 12.9. The summed E-state index contributed by atoms with van der Waals surface area (Å²) in [4.78, 5) is 6.74. The SMILES string of the molecule is CC(C)CN(CCO)CCCC(C)Nc1ccnc2cc(Cl)ccc12. The molecule has 0 saturated heterocycles. The molecule has 0 fully saturated rings. The lowest BCUT2D eigenvalue weighted by Crippen LogP contribution is -2.32. The number of fused-ring (bicyclic) bond motifs is 1. The Kier molecular flexibility index (Phi) is 7.94. The minimum absolute atomic E-state index is 0.228. The van der Waals surface area contributed by atoms with E-state index in [0.717, 1.165) is 49.1 Å². The maximum atomic E-state index is 9.20. The summed E-state index contributed by atoms with van der Waals surface area (Å²) in [6.07, 6.45) is 4.01. The summed E-state index contributed by atoms with van der Waals surface area (Å²) >= 11 is 6.05. The van der Waals surface area contributed by atoms with E-state index in [9.17, 15) is 5.11 Å². The molecule has 0 aliphatic rings. The van der Waals surface area contributed by atoms with E-state index < -0.39 is 0 Å². The largest absolute Gasteiger partial charge is 0.395 e. The summed E-state index contributed by atoms with van der Waals surface area (Å²) in [5.41, 5.74) is 2.01. The molecule has 25 heavy (non-hydrogen) atoms. The molecule has 5 heteroatoms. The van der Waals surface area contributed by atoms with Gasteiger partial charge in [0, 0.05) is 41.4 Å². The summed E-state index contributed by atoms with van der Waals surface area (Å²) < 4.78 is 0. The summed E-state index contributed by atoms with van der Waals surface area (Å²) in [6.45, 7) is 9.70. The van der Waals surface area contributed by atoms with Gasteiger partial charge in [-0.25, -0.2) is 0 Å². The van der Waals surface area contributed by atoms with Crippen LogP contribution in [0.1, 0.15) is 33.6 Å². The van der Waals surface area contributed by atoms with Crippen LogP contribution in [0.2, 0.25) is 5.02 Å². The van der Waals surface area contributed by atoms with Crippen molar-refractivity contribution >= 4 is 28.2 Å². The van der Waals surface area contributed by atoms with Gasteiger partial charge in [-0.15, -0.1) is 0 Å². The van der Waals surface area contributed by atoms with Crippen molar-refractivity contribution in [2.75, 3.05) is 31.6 Å². The van der Waals surface area contributed by atoms with Crippen molar-refractivity contribution in [1.29, 1.82) is 0 Å². The number of nitrogens with one attached hydrogen (secondary N) is 1. The van der Waals surface area contributed by atoms with Crippen molar-refractivity contribution in [3.05, 3.63) is 35.5 Å². The summed E-state index contributed by atoms with van der Waals surface area (Å²) in [5.74, 6) is 0.622. The molecule has 2 rings (SSSR count). The molecule has 1 unspecified atom stereocenters. The quantitative estimate of drug-likeness (QED) is 0.656. The zero-order valence-corrected chi connectivity index (χ0v) is 16.3. The van der Waals surface area contributed by atoms with Gasteiger partial charge in [0.1, 0.15) is 0 Å². The Morgan fingerprint density at radius 3 is 2.72 bits per heavy atom. The lowest BCUT2D eigenvalue weighted by Gasteiger charge is -2.24. The minimum Gasteiger partial charge on any atom is -0.395 e. The van der Waals surface area contributed by atoms with Crippen molar-refractivity contribution in [2.45, 2.75) is 39.7 Å². The number of hydrogen-bond acceptors (Lipinski definition) is 4. The van der Waals surface area contributed by atoms with Gasteiger partial charge >= 0.3 is 0 Å². The van der Waals surface area contributed by atoms with Crippen LogP contribution in [0, 0.1) is 5.92 Å². The summed E-state index contributed by atoms with van der Waals surface area (Å²) in [7, 11) is 0. The molecule has 4 nitrogen and oxygen atoms in total. The first-order chi connectivity index (χ1) is 12.0. The highest BCUT2D eigenvalue weighted by atomic mass is 35.5. The molecule has 1 aromatic heterocycles. The first kappa shape index (κ1) is 20.0. The molecule has 0 bridgehead atoms. The van der Waals surface area contributed by atoms with Crippen molar-refractivity contribution in [1.82, 2.24) is 9.88 Å². The number of rotatable bonds is 10. The first-order valence-electron chi connectivity index (χ1n) is 9.13. The highest BCUT2D eigenvalue weighted by Crippen LogP contribution is 2.25. The number of benzene rings is 1. The van der Waals surface area contributed by atoms with Crippen LogP contribution >= 0.6 is 11.6 Å². The Labute approximate surface area is 156 Å². The fraction of sp³-hybridized carbons (Fsp3) is 0.550. The zero-order valence-electron chi connectivity index (χ0n) is 15.5. The van der Waals surface area contributed by atoms with Gasteiger partial charge in [-0.1, -0.05) is 25.4 Å². The van der Waals surface area contributed by atoms with Crippen molar-refractivity contribution < 1.29 is 5.11 Å². The zero-order chi connectivity index (χ0) is 18.2. The molecule has 1 aromatic carbocycles. The number of anilines is 1. The van der Waals surface area contributed by atoms with Crippen molar-refractivity contribution in [3.8, 4) is 0 Å². The minimum atomic E-state index is 0.228. The third-order valence-electron chi connectivity index (χ3n) is 4.26. The highest BCUT2D eigenvalue weighted by molar-refractivity contribution is 6.31. The van der Waals surface area contributed by atoms with Crippen LogP contribution in [0.5, 0.6) is 0 Å². The van der Waals surface area contributed by atoms with Crippen LogP contribution in [0.3, 0.4) is 0 Å². The predicted octanol–water partition coefficient (Wildman–Crippen LogP) is 4.42. The number of aromatic nitrogens is 1. The van der Waals surface area contributed by atoms with Gasteiger partial charge in [-0.3, -0.25) is 4.98 Å². The topological polar surface area (TPSA) is 48.4 Å². The van der Waals surface area contributed by atoms with E-state index in [-0.39, 0.29) is 6.61 Å². The fourth-order valence-corrected chi connectivity index (χ4v) is 3.32. The van der Waals surface area contributed by atoms with Gasteiger partial charge in [0.2, 0.25) is 0 Å². The Bertz CT molecular complexity index is 662.